The third-order valence-electron chi connectivity index (χ3n) is 2.97. The molecule has 0 spiro atoms. The lowest BCUT2D eigenvalue weighted by molar-refractivity contribution is 0.0712. The van der Waals surface area contributed by atoms with Gasteiger partial charge in [-0.1, -0.05) is 42.2 Å². The third kappa shape index (κ3) is 8.28. The first-order valence-electron chi connectivity index (χ1n) is 8.06. The van der Waals surface area contributed by atoms with Gasteiger partial charge in [0, 0.05) is 37.3 Å². The molecule has 1 rings (SSSR count). The van der Waals surface area contributed by atoms with Crippen LogP contribution in [0, 0.1) is 0 Å². The SMILES string of the molecule is CCO[Si](CCCSC(=S)Nc1ccccc1)(OCC)OCC. The molecular formula is C16H27NO3S2Si. The maximum Gasteiger partial charge on any atom is 0.500 e. The van der Waals surface area contributed by atoms with Crippen molar-refractivity contribution in [2.24, 2.45) is 0 Å². The van der Waals surface area contributed by atoms with Gasteiger partial charge in [0.2, 0.25) is 0 Å². The van der Waals surface area contributed by atoms with Crippen molar-refractivity contribution in [1.29, 1.82) is 0 Å². The first kappa shape index (κ1) is 20.6. The predicted octanol–water partition coefficient (Wildman–Crippen LogP) is 4.56. The van der Waals surface area contributed by atoms with Crippen molar-refractivity contribution in [3.8, 4) is 0 Å². The molecule has 0 bridgehead atoms. The van der Waals surface area contributed by atoms with Crippen LogP contribution in [0.25, 0.3) is 0 Å². The summed E-state index contributed by atoms with van der Waals surface area (Å²) in [5.41, 5.74) is 1.02. The largest absolute Gasteiger partial charge is 0.500 e. The van der Waals surface area contributed by atoms with Gasteiger partial charge >= 0.3 is 8.80 Å². The van der Waals surface area contributed by atoms with Gasteiger partial charge in [-0.15, -0.1) is 0 Å². The molecule has 0 heterocycles. The molecule has 1 aromatic carbocycles. The standard InChI is InChI=1S/C16H27NO3S2Si/c1-4-18-23(19-5-2,20-6-3)14-10-13-22-16(21)17-15-11-8-7-9-12-15/h7-9,11-12H,4-6,10,13-14H2,1-3H3,(H,17,21). The Morgan fingerprint density at radius 2 is 1.61 bits per heavy atom. The van der Waals surface area contributed by atoms with Crippen LogP contribution in [0.4, 0.5) is 5.69 Å². The second-order valence-corrected chi connectivity index (χ2v) is 9.22. The Balaban J connectivity index is 2.36. The fourth-order valence-corrected chi connectivity index (χ4v) is 6.03. The van der Waals surface area contributed by atoms with Crippen LogP contribution in [0.5, 0.6) is 0 Å². The highest BCUT2D eigenvalue weighted by Gasteiger charge is 2.39. The van der Waals surface area contributed by atoms with Gasteiger partial charge < -0.3 is 18.6 Å². The van der Waals surface area contributed by atoms with E-state index in [0.717, 1.165) is 28.2 Å². The molecule has 0 aliphatic rings. The summed E-state index contributed by atoms with van der Waals surface area (Å²) in [4.78, 5) is 0. The predicted molar refractivity (Wildman–Crippen MR) is 105 cm³/mol. The molecular weight excluding hydrogens is 346 g/mol. The molecule has 0 saturated carbocycles. The number of hydrogen-bond donors (Lipinski definition) is 1. The summed E-state index contributed by atoms with van der Waals surface area (Å²) in [6.07, 6.45) is 0.952. The Bertz CT molecular complexity index is 431. The van der Waals surface area contributed by atoms with Gasteiger partial charge in [-0.3, -0.25) is 0 Å². The van der Waals surface area contributed by atoms with E-state index >= 15 is 0 Å². The van der Waals surface area contributed by atoms with Crippen molar-refractivity contribution in [3.05, 3.63) is 30.3 Å². The summed E-state index contributed by atoms with van der Waals surface area (Å²) in [5.74, 6) is 0.917. The fraction of sp³-hybridized carbons (Fsp3) is 0.562. The lowest BCUT2D eigenvalue weighted by atomic mass is 10.3. The van der Waals surface area contributed by atoms with Crippen molar-refractivity contribution >= 4 is 42.8 Å². The zero-order valence-electron chi connectivity index (χ0n) is 14.2. The molecule has 0 fully saturated rings. The van der Waals surface area contributed by atoms with Gasteiger partial charge in [-0.05, 0) is 39.3 Å². The molecule has 0 aliphatic carbocycles. The molecule has 0 saturated heterocycles. The van der Waals surface area contributed by atoms with Gasteiger partial charge in [0.25, 0.3) is 0 Å². The first-order chi connectivity index (χ1) is 11.2. The minimum atomic E-state index is -2.52. The molecule has 1 N–H and O–H groups in total. The van der Waals surface area contributed by atoms with Crippen molar-refractivity contribution in [2.45, 2.75) is 33.2 Å². The number of thiocarbonyl (C=S) groups is 1. The van der Waals surface area contributed by atoms with E-state index in [0.29, 0.717) is 19.8 Å². The van der Waals surface area contributed by atoms with E-state index in [1.54, 1.807) is 11.8 Å². The number of para-hydroxylation sites is 1. The summed E-state index contributed by atoms with van der Waals surface area (Å²) in [7, 11) is -2.52. The van der Waals surface area contributed by atoms with Crippen LogP contribution in [0.2, 0.25) is 6.04 Å². The van der Waals surface area contributed by atoms with E-state index < -0.39 is 8.80 Å². The third-order valence-corrected chi connectivity index (χ3v) is 7.44. The van der Waals surface area contributed by atoms with Gasteiger partial charge in [-0.25, -0.2) is 0 Å². The number of benzene rings is 1. The molecule has 0 atom stereocenters. The average molecular weight is 374 g/mol. The Morgan fingerprint density at radius 1 is 1.04 bits per heavy atom. The summed E-state index contributed by atoms with van der Waals surface area (Å²) in [6.45, 7) is 7.79. The first-order valence-corrected chi connectivity index (χ1v) is 11.4. The van der Waals surface area contributed by atoms with Crippen LogP contribution in [0.3, 0.4) is 0 Å². The zero-order chi connectivity index (χ0) is 17.0. The summed E-state index contributed by atoms with van der Waals surface area (Å²) in [6, 6.07) is 10.8. The fourth-order valence-electron chi connectivity index (χ4n) is 2.13. The van der Waals surface area contributed by atoms with Crippen LogP contribution < -0.4 is 5.32 Å². The van der Waals surface area contributed by atoms with Crippen LogP contribution in [0.15, 0.2) is 30.3 Å². The van der Waals surface area contributed by atoms with E-state index in [-0.39, 0.29) is 0 Å². The van der Waals surface area contributed by atoms with Gasteiger partial charge in [0.15, 0.2) is 0 Å². The smallest absolute Gasteiger partial charge is 0.374 e. The summed E-state index contributed by atoms with van der Waals surface area (Å²) < 4.78 is 18.3. The molecule has 23 heavy (non-hydrogen) atoms. The molecule has 130 valence electrons. The quantitative estimate of drug-likeness (QED) is 0.348. The molecule has 0 aromatic heterocycles. The van der Waals surface area contributed by atoms with E-state index in [1.807, 2.05) is 51.1 Å². The lowest BCUT2D eigenvalue weighted by Crippen LogP contribution is -2.46. The minimum absolute atomic E-state index is 0.618. The van der Waals surface area contributed by atoms with Crippen molar-refractivity contribution in [3.63, 3.8) is 0 Å². The lowest BCUT2D eigenvalue weighted by Gasteiger charge is -2.28. The van der Waals surface area contributed by atoms with Crippen LogP contribution in [-0.2, 0) is 13.3 Å². The Kier molecular flexibility index (Phi) is 10.7. The second-order valence-electron chi connectivity index (χ2n) is 4.71. The molecule has 7 heteroatoms. The van der Waals surface area contributed by atoms with Crippen molar-refractivity contribution < 1.29 is 13.3 Å². The number of thioether (sulfide) groups is 1. The molecule has 0 radical (unpaired) electrons. The number of rotatable bonds is 11. The van der Waals surface area contributed by atoms with E-state index in [1.165, 1.54) is 0 Å². The highest BCUT2D eigenvalue weighted by molar-refractivity contribution is 8.23. The second kappa shape index (κ2) is 12.0. The van der Waals surface area contributed by atoms with Gasteiger partial charge in [0.1, 0.15) is 4.32 Å². The molecule has 0 unspecified atom stereocenters. The minimum Gasteiger partial charge on any atom is -0.374 e. The summed E-state index contributed by atoms with van der Waals surface area (Å²) >= 11 is 7.01. The molecule has 4 nitrogen and oxygen atoms in total. The van der Waals surface area contributed by atoms with Crippen LogP contribution >= 0.6 is 24.0 Å². The molecule has 1 aromatic rings. The number of hydrogen-bond acceptors (Lipinski definition) is 5. The Morgan fingerprint density at radius 3 is 2.13 bits per heavy atom. The topological polar surface area (TPSA) is 39.7 Å². The highest BCUT2D eigenvalue weighted by Crippen LogP contribution is 2.21. The molecule has 0 amide bonds. The Hall–Kier alpha value is -0.443. The van der Waals surface area contributed by atoms with E-state index in [2.05, 4.69) is 5.32 Å². The Labute approximate surface area is 150 Å². The van der Waals surface area contributed by atoms with E-state index in [9.17, 15) is 0 Å². The number of nitrogens with one attached hydrogen (secondary N) is 1. The van der Waals surface area contributed by atoms with Crippen molar-refractivity contribution in [2.75, 3.05) is 30.9 Å². The van der Waals surface area contributed by atoms with E-state index in [4.69, 9.17) is 25.5 Å². The van der Waals surface area contributed by atoms with Crippen LogP contribution in [0.1, 0.15) is 27.2 Å². The maximum atomic E-state index is 5.85. The monoisotopic (exact) mass is 373 g/mol. The zero-order valence-corrected chi connectivity index (χ0v) is 16.8. The normalized spacial score (nSPS) is 11.4. The number of anilines is 1. The van der Waals surface area contributed by atoms with Gasteiger partial charge in [-0.2, -0.15) is 0 Å². The van der Waals surface area contributed by atoms with Gasteiger partial charge in [0.05, 0.1) is 0 Å². The average Bonchev–Trinajstić information content (AvgIpc) is 2.53. The maximum absolute atomic E-state index is 5.85. The summed E-state index contributed by atoms with van der Waals surface area (Å²) in [5, 5.41) is 3.23. The highest BCUT2D eigenvalue weighted by atomic mass is 32.2. The van der Waals surface area contributed by atoms with Crippen LogP contribution in [-0.4, -0.2) is 38.7 Å². The van der Waals surface area contributed by atoms with Crippen molar-refractivity contribution in [1.82, 2.24) is 0 Å². The molecule has 0 aliphatic heterocycles.